The summed E-state index contributed by atoms with van der Waals surface area (Å²) in [6.45, 7) is 6.05. The van der Waals surface area contributed by atoms with Gasteiger partial charge in [0, 0.05) is 31.0 Å². The number of aromatic nitrogens is 2. The monoisotopic (exact) mass is 302 g/mol. The summed E-state index contributed by atoms with van der Waals surface area (Å²) >= 11 is 0. The second-order valence-corrected chi connectivity index (χ2v) is 6.58. The zero-order valence-corrected chi connectivity index (χ0v) is 12.7. The van der Waals surface area contributed by atoms with Gasteiger partial charge in [0.1, 0.15) is 0 Å². The molecular formula is C12H22N4O3S. The Morgan fingerprint density at radius 1 is 1.50 bits per heavy atom. The molecule has 2 rings (SSSR count). The van der Waals surface area contributed by atoms with Gasteiger partial charge in [0.2, 0.25) is 0 Å². The van der Waals surface area contributed by atoms with Crippen molar-refractivity contribution in [1.29, 1.82) is 0 Å². The van der Waals surface area contributed by atoms with Crippen LogP contribution in [0.2, 0.25) is 0 Å². The maximum absolute atomic E-state index is 12.3. The summed E-state index contributed by atoms with van der Waals surface area (Å²) in [5, 5.41) is 9.87. The van der Waals surface area contributed by atoms with E-state index in [9.17, 15) is 8.42 Å². The molecular weight excluding hydrogens is 280 g/mol. The Balaban J connectivity index is 2.07. The van der Waals surface area contributed by atoms with E-state index in [4.69, 9.17) is 4.74 Å². The molecule has 1 aliphatic rings. The van der Waals surface area contributed by atoms with Crippen molar-refractivity contribution in [3.05, 3.63) is 11.3 Å². The van der Waals surface area contributed by atoms with E-state index in [1.54, 1.807) is 0 Å². The van der Waals surface area contributed by atoms with E-state index in [2.05, 4.69) is 20.2 Å². The molecule has 0 amide bonds. The Hall–Kier alpha value is -0.960. The lowest BCUT2D eigenvalue weighted by molar-refractivity contribution is 0.114. The van der Waals surface area contributed by atoms with Crippen LogP contribution in [0.25, 0.3) is 0 Å². The molecule has 1 aromatic heterocycles. The normalized spacial score (nSPS) is 19.6. The molecule has 20 heavy (non-hydrogen) atoms. The molecule has 8 heteroatoms. The molecule has 1 saturated heterocycles. The number of rotatable bonds is 7. The first-order chi connectivity index (χ1) is 9.54. The zero-order valence-electron chi connectivity index (χ0n) is 11.9. The minimum Gasteiger partial charge on any atom is -0.377 e. The standard InChI is InChI=1S/C12H22N4O3S/c1-3-13-8-11-9(2)15-16-12(11)20(17,18)14-7-10-5-4-6-19-10/h10,13-14H,3-8H2,1-2H3,(H,15,16). The molecule has 1 atom stereocenters. The van der Waals surface area contributed by atoms with Gasteiger partial charge in [-0.3, -0.25) is 5.10 Å². The van der Waals surface area contributed by atoms with E-state index in [-0.39, 0.29) is 11.1 Å². The minimum absolute atomic E-state index is 0.0259. The average Bonchev–Trinajstić information content (AvgIpc) is 3.04. The fourth-order valence-corrected chi connectivity index (χ4v) is 3.44. The van der Waals surface area contributed by atoms with Gasteiger partial charge < -0.3 is 10.1 Å². The maximum Gasteiger partial charge on any atom is 0.260 e. The summed E-state index contributed by atoms with van der Waals surface area (Å²) in [6.07, 6.45) is 1.85. The van der Waals surface area contributed by atoms with Gasteiger partial charge in [-0.2, -0.15) is 5.10 Å². The van der Waals surface area contributed by atoms with Crippen molar-refractivity contribution in [2.45, 2.75) is 44.4 Å². The summed E-state index contributed by atoms with van der Waals surface area (Å²) in [6, 6.07) is 0. The Morgan fingerprint density at radius 2 is 2.30 bits per heavy atom. The maximum atomic E-state index is 12.3. The second kappa shape index (κ2) is 6.66. The van der Waals surface area contributed by atoms with Crippen LogP contribution in [0.5, 0.6) is 0 Å². The number of aromatic amines is 1. The van der Waals surface area contributed by atoms with E-state index < -0.39 is 10.0 Å². The van der Waals surface area contributed by atoms with Crippen molar-refractivity contribution in [3.8, 4) is 0 Å². The van der Waals surface area contributed by atoms with Gasteiger partial charge in [-0.15, -0.1) is 0 Å². The molecule has 7 nitrogen and oxygen atoms in total. The number of aryl methyl sites for hydroxylation is 1. The highest BCUT2D eigenvalue weighted by Crippen LogP contribution is 2.17. The summed E-state index contributed by atoms with van der Waals surface area (Å²) in [5.74, 6) is 0. The number of ether oxygens (including phenoxy) is 1. The predicted octanol–water partition coefficient (Wildman–Crippen LogP) is 0.285. The average molecular weight is 302 g/mol. The number of sulfonamides is 1. The first-order valence-corrected chi connectivity index (χ1v) is 8.38. The molecule has 0 aromatic carbocycles. The van der Waals surface area contributed by atoms with Crippen molar-refractivity contribution in [2.24, 2.45) is 0 Å². The van der Waals surface area contributed by atoms with E-state index in [0.717, 1.165) is 25.1 Å². The number of H-pyrrole nitrogens is 1. The number of nitrogens with zero attached hydrogens (tertiary/aromatic N) is 1. The van der Waals surface area contributed by atoms with Gasteiger partial charge in [0.15, 0.2) is 5.03 Å². The smallest absolute Gasteiger partial charge is 0.260 e. The molecule has 0 bridgehead atoms. The van der Waals surface area contributed by atoms with Crippen molar-refractivity contribution >= 4 is 10.0 Å². The third kappa shape index (κ3) is 3.57. The molecule has 0 saturated carbocycles. The van der Waals surface area contributed by atoms with Crippen LogP contribution in [0, 0.1) is 6.92 Å². The van der Waals surface area contributed by atoms with E-state index in [1.165, 1.54) is 0 Å². The first kappa shape index (κ1) is 15.4. The topological polar surface area (TPSA) is 96.1 Å². The predicted molar refractivity (Wildman–Crippen MR) is 74.9 cm³/mol. The number of hydrogen-bond donors (Lipinski definition) is 3. The van der Waals surface area contributed by atoms with Crippen LogP contribution in [0.15, 0.2) is 5.03 Å². The van der Waals surface area contributed by atoms with Crippen molar-refractivity contribution in [1.82, 2.24) is 20.2 Å². The minimum atomic E-state index is -3.60. The molecule has 2 heterocycles. The van der Waals surface area contributed by atoms with Crippen LogP contribution in [-0.4, -0.2) is 44.4 Å². The van der Waals surface area contributed by atoms with Gasteiger partial charge >= 0.3 is 0 Å². The SMILES string of the molecule is CCNCc1c(S(=O)(=O)NCC2CCCO2)n[nH]c1C. The van der Waals surface area contributed by atoms with E-state index in [1.807, 2.05) is 13.8 Å². The van der Waals surface area contributed by atoms with Crippen LogP contribution in [0.4, 0.5) is 0 Å². The summed E-state index contributed by atoms with van der Waals surface area (Å²) in [4.78, 5) is 0. The lowest BCUT2D eigenvalue weighted by Gasteiger charge is -2.11. The Morgan fingerprint density at radius 3 is 2.95 bits per heavy atom. The summed E-state index contributed by atoms with van der Waals surface area (Å²) in [5.41, 5.74) is 1.45. The number of hydrogen-bond acceptors (Lipinski definition) is 5. The molecule has 1 fully saturated rings. The summed E-state index contributed by atoms with van der Waals surface area (Å²) < 4.78 is 32.6. The second-order valence-electron chi connectivity index (χ2n) is 4.90. The third-order valence-corrected chi connectivity index (χ3v) is 4.76. The highest BCUT2D eigenvalue weighted by molar-refractivity contribution is 7.89. The molecule has 0 aliphatic carbocycles. The Kier molecular flexibility index (Phi) is 5.14. The lowest BCUT2D eigenvalue weighted by atomic mass is 10.2. The molecule has 3 N–H and O–H groups in total. The van der Waals surface area contributed by atoms with Crippen LogP contribution < -0.4 is 10.0 Å². The van der Waals surface area contributed by atoms with Crippen molar-refractivity contribution in [3.63, 3.8) is 0 Å². The summed E-state index contributed by atoms with van der Waals surface area (Å²) in [7, 11) is -3.60. The van der Waals surface area contributed by atoms with Crippen LogP contribution in [-0.2, 0) is 21.3 Å². The van der Waals surface area contributed by atoms with Gasteiger partial charge in [-0.1, -0.05) is 6.92 Å². The largest absolute Gasteiger partial charge is 0.377 e. The molecule has 1 aromatic rings. The van der Waals surface area contributed by atoms with Crippen LogP contribution in [0.1, 0.15) is 31.0 Å². The number of nitrogens with one attached hydrogen (secondary N) is 3. The van der Waals surface area contributed by atoms with Crippen LogP contribution >= 0.6 is 0 Å². The Labute approximate surface area is 119 Å². The van der Waals surface area contributed by atoms with E-state index in [0.29, 0.717) is 25.3 Å². The highest BCUT2D eigenvalue weighted by Gasteiger charge is 2.25. The fraction of sp³-hybridized carbons (Fsp3) is 0.750. The molecule has 114 valence electrons. The lowest BCUT2D eigenvalue weighted by Crippen LogP contribution is -2.32. The fourth-order valence-electron chi connectivity index (χ4n) is 2.19. The molecule has 0 radical (unpaired) electrons. The third-order valence-electron chi connectivity index (χ3n) is 3.37. The van der Waals surface area contributed by atoms with Gasteiger partial charge in [0.25, 0.3) is 10.0 Å². The van der Waals surface area contributed by atoms with Gasteiger partial charge in [-0.25, -0.2) is 13.1 Å². The van der Waals surface area contributed by atoms with E-state index >= 15 is 0 Å². The Bertz CT molecular complexity index is 535. The quantitative estimate of drug-likeness (QED) is 0.672. The van der Waals surface area contributed by atoms with Gasteiger partial charge in [-0.05, 0) is 26.3 Å². The highest BCUT2D eigenvalue weighted by atomic mass is 32.2. The first-order valence-electron chi connectivity index (χ1n) is 6.90. The molecule has 1 unspecified atom stereocenters. The van der Waals surface area contributed by atoms with Crippen molar-refractivity contribution in [2.75, 3.05) is 19.7 Å². The molecule has 1 aliphatic heterocycles. The molecule has 0 spiro atoms. The van der Waals surface area contributed by atoms with Crippen molar-refractivity contribution < 1.29 is 13.2 Å². The zero-order chi connectivity index (χ0) is 14.6. The van der Waals surface area contributed by atoms with Gasteiger partial charge in [0.05, 0.1) is 6.10 Å². The van der Waals surface area contributed by atoms with Crippen LogP contribution in [0.3, 0.4) is 0 Å².